The SMILES string of the molecule is CC(C)(C)c1ccc(-c2c[nH]c(I)c2)cc1. The number of hydrogen-bond acceptors (Lipinski definition) is 0. The molecule has 1 N–H and O–H groups in total. The van der Waals surface area contributed by atoms with Crippen LogP contribution in [0.3, 0.4) is 0 Å². The second-order valence-electron chi connectivity index (χ2n) is 5.06. The molecule has 0 bridgehead atoms. The van der Waals surface area contributed by atoms with Gasteiger partial charge < -0.3 is 4.98 Å². The third-order valence-corrected chi connectivity index (χ3v) is 3.35. The van der Waals surface area contributed by atoms with Crippen molar-refractivity contribution in [1.29, 1.82) is 0 Å². The van der Waals surface area contributed by atoms with Gasteiger partial charge in [-0.2, -0.15) is 0 Å². The molecule has 0 saturated carbocycles. The van der Waals surface area contributed by atoms with Gasteiger partial charge in [0, 0.05) is 11.8 Å². The first-order chi connectivity index (χ1) is 7.47. The van der Waals surface area contributed by atoms with E-state index in [1.54, 1.807) is 0 Å². The first-order valence-corrected chi connectivity index (χ1v) is 6.49. The number of halogens is 1. The summed E-state index contributed by atoms with van der Waals surface area (Å²) < 4.78 is 1.17. The lowest BCUT2D eigenvalue weighted by molar-refractivity contribution is 0.590. The zero-order chi connectivity index (χ0) is 11.8. The molecule has 2 rings (SSSR count). The molecule has 2 aromatic rings. The average molecular weight is 325 g/mol. The van der Waals surface area contributed by atoms with Crippen molar-refractivity contribution in [1.82, 2.24) is 4.98 Å². The minimum atomic E-state index is 0.227. The molecular formula is C14H16IN. The fraction of sp³-hybridized carbons (Fsp3) is 0.286. The van der Waals surface area contributed by atoms with Crippen LogP contribution in [0.5, 0.6) is 0 Å². The molecule has 1 aromatic carbocycles. The van der Waals surface area contributed by atoms with Crippen LogP contribution in [0.1, 0.15) is 26.3 Å². The minimum absolute atomic E-state index is 0.227. The summed E-state index contributed by atoms with van der Waals surface area (Å²) in [7, 11) is 0. The van der Waals surface area contributed by atoms with E-state index in [9.17, 15) is 0 Å². The van der Waals surface area contributed by atoms with E-state index < -0.39 is 0 Å². The summed E-state index contributed by atoms with van der Waals surface area (Å²) in [5.41, 5.74) is 4.13. The van der Waals surface area contributed by atoms with E-state index in [-0.39, 0.29) is 5.41 Å². The van der Waals surface area contributed by atoms with Gasteiger partial charge in [0.25, 0.3) is 0 Å². The Bertz CT molecular complexity index is 474. The lowest BCUT2D eigenvalue weighted by Gasteiger charge is -2.19. The standard InChI is InChI=1S/C14H16IN/c1-14(2,3)12-6-4-10(5-7-12)11-8-13(15)16-9-11/h4-9,16H,1-3H3. The van der Waals surface area contributed by atoms with Crippen LogP contribution in [0.2, 0.25) is 0 Å². The highest BCUT2D eigenvalue weighted by Crippen LogP contribution is 2.26. The lowest BCUT2D eigenvalue weighted by Crippen LogP contribution is -2.10. The van der Waals surface area contributed by atoms with Crippen LogP contribution in [-0.2, 0) is 5.41 Å². The molecule has 0 aliphatic heterocycles. The van der Waals surface area contributed by atoms with Gasteiger partial charge in [0.05, 0.1) is 3.70 Å². The van der Waals surface area contributed by atoms with Crippen molar-refractivity contribution >= 4 is 22.6 Å². The van der Waals surface area contributed by atoms with Gasteiger partial charge in [0.1, 0.15) is 0 Å². The predicted octanol–water partition coefficient (Wildman–Crippen LogP) is 4.58. The van der Waals surface area contributed by atoms with E-state index in [1.165, 1.54) is 20.4 Å². The van der Waals surface area contributed by atoms with Gasteiger partial charge in [-0.15, -0.1) is 0 Å². The van der Waals surface area contributed by atoms with Crippen LogP contribution >= 0.6 is 22.6 Å². The summed E-state index contributed by atoms with van der Waals surface area (Å²) in [6.07, 6.45) is 2.05. The summed E-state index contributed by atoms with van der Waals surface area (Å²) in [5.74, 6) is 0. The fourth-order valence-electron chi connectivity index (χ4n) is 1.70. The molecule has 0 unspecified atom stereocenters. The van der Waals surface area contributed by atoms with Gasteiger partial charge >= 0.3 is 0 Å². The highest BCUT2D eigenvalue weighted by molar-refractivity contribution is 14.1. The number of aromatic nitrogens is 1. The van der Waals surface area contributed by atoms with Crippen LogP contribution in [0, 0.1) is 3.70 Å². The Hall–Kier alpha value is -0.770. The third-order valence-electron chi connectivity index (χ3n) is 2.73. The summed E-state index contributed by atoms with van der Waals surface area (Å²) >= 11 is 2.29. The lowest BCUT2D eigenvalue weighted by atomic mass is 9.86. The number of hydrogen-bond donors (Lipinski definition) is 1. The van der Waals surface area contributed by atoms with Crippen molar-refractivity contribution in [2.75, 3.05) is 0 Å². The van der Waals surface area contributed by atoms with Gasteiger partial charge in [0.2, 0.25) is 0 Å². The second-order valence-corrected chi connectivity index (χ2v) is 6.23. The number of aromatic amines is 1. The number of rotatable bonds is 1. The largest absolute Gasteiger partial charge is 0.356 e. The first-order valence-electron chi connectivity index (χ1n) is 5.42. The monoisotopic (exact) mass is 325 g/mol. The Labute approximate surface area is 110 Å². The van der Waals surface area contributed by atoms with Crippen LogP contribution in [0.15, 0.2) is 36.5 Å². The van der Waals surface area contributed by atoms with Crippen LogP contribution < -0.4 is 0 Å². The maximum Gasteiger partial charge on any atom is 0.0778 e. The molecule has 0 aliphatic carbocycles. The maximum absolute atomic E-state index is 3.20. The second kappa shape index (κ2) is 4.24. The Morgan fingerprint density at radius 1 is 1.00 bits per heavy atom. The van der Waals surface area contributed by atoms with Gasteiger partial charge in [-0.1, -0.05) is 45.0 Å². The molecule has 0 aliphatic rings. The van der Waals surface area contributed by atoms with Gasteiger partial charge in [-0.25, -0.2) is 0 Å². The Morgan fingerprint density at radius 3 is 2.06 bits per heavy atom. The number of nitrogens with one attached hydrogen (secondary N) is 1. The van der Waals surface area contributed by atoms with Crippen molar-refractivity contribution in [2.45, 2.75) is 26.2 Å². The highest BCUT2D eigenvalue weighted by Gasteiger charge is 2.13. The van der Waals surface area contributed by atoms with Crippen molar-refractivity contribution in [3.8, 4) is 11.1 Å². The topological polar surface area (TPSA) is 15.8 Å². The molecule has 0 amide bonds. The Morgan fingerprint density at radius 2 is 1.62 bits per heavy atom. The molecule has 1 nitrogen and oxygen atoms in total. The summed E-state index contributed by atoms with van der Waals surface area (Å²) in [4.78, 5) is 3.20. The van der Waals surface area contributed by atoms with Crippen LogP contribution in [-0.4, -0.2) is 4.98 Å². The predicted molar refractivity (Wildman–Crippen MR) is 77.6 cm³/mol. The molecule has 0 atom stereocenters. The van der Waals surface area contributed by atoms with Crippen molar-refractivity contribution in [3.63, 3.8) is 0 Å². The molecule has 84 valence electrons. The van der Waals surface area contributed by atoms with E-state index in [0.717, 1.165) is 0 Å². The normalized spacial score (nSPS) is 11.8. The van der Waals surface area contributed by atoms with Gasteiger partial charge in [0.15, 0.2) is 0 Å². The molecule has 0 fully saturated rings. The minimum Gasteiger partial charge on any atom is -0.356 e. The Kier molecular flexibility index (Phi) is 3.10. The molecular weight excluding hydrogens is 309 g/mol. The molecule has 2 heteroatoms. The molecule has 0 spiro atoms. The molecule has 1 aromatic heterocycles. The van der Waals surface area contributed by atoms with Gasteiger partial charge in [-0.05, 0) is 45.2 Å². The molecule has 1 heterocycles. The van der Waals surface area contributed by atoms with Crippen molar-refractivity contribution in [2.24, 2.45) is 0 Å². The van der Waals surface area contributed by atoms with Crippen molar-refractivity contribution < 1.29 is 0 Å². The first kappa shape index (κ1) is 11.7. The number of benzene rings is 1. The quantitative estimate of drug-likeness (QED) is 0.739. The molecule has 0 saturated heterocycles. The molecule has 16 heavy (non-hydrogen) atoms. The summed E-state index contributed by atoms with van der Waals surface area (Å²) in [6.45, 7) is 6.71. The van der Waals surface area contributed by atoms with E-state index >= 15 is 0 Å². The highest BCUT2D eigenvalue weighted by atomic mass is 127. The van der Waals surface area contributed by atoms with E-state index in [0.29, 0.717) is 0 Å². The average Bonchev–Trinajstić information content (AvgIpc) is 2.64. The fourth-order valence-corrected chi connectivity index (χ4v) is 2.19. The zero-order valence-electron chi connectivity index (χ0n) is 9.84. The maximum atomic E-state index is 3.20. The van der Waals surface area contributed by atoms with E-state index in [1.807, 2.05) is 6.20 Å². The van der Waals surface area contributed by atoms with Gasteiger partial charge in [-0.3, -0.25) is 0 Å². The van der Waals surface area contributed by atoms with Crippen LogP contribution in [0.25, 0.3) is 11.1 Å². The van der Waals surface area contributed by atoms with Crippen molar-refractivity contribution in [3.05, 3.63) is 45.8 Å². The van der Waals surface area contributed by atoms with Crippen LogP contribution in [0.4, 0.5) is 0 Å². The Balaban J connectivity index is 2.33. The third kappa shape index (κ3) is 2.48. The zero-order valence-corrected chi connectivity index (χ0v) is 12.0. The smallest absolute Gasteiger partial charge is 0.0778 e. The van der Waals surface area contributed by atoms with E-state index in [4.69, 9.17) is 0 Å². The molecule has 0 radical (unpaired) electrons. The van der Waals surface area contributed by atoms with E-state index in [2.05, 4.69) is 78.7 Å². The summed E-state index contributed by atoms with van der Waals surface area (Å²) in [5, 5.41) is 0. The summed E-state index contributed by atoms with van der Waals surface area (Å²) in [6, 6.07) is 11.0. The number of H-pyrrole nitrogens is 1.